The first-order valence-electron chi connectivity index (χ1n) is 5.72. The van der Waals surface area contributed by atoms with Gasteiger partial charge in [-0.2, -0.15) is 0 Å². The number of benzene rings is 2. The monoisotopic (exact) mass is 346 g/mol. The van der Waals surface area contributed by atoms with Crippen molar-refractivity contribution >= 4 is 40.5 Å². The predicted molar refractivity (Wildman–Crippen MR) is 82.5 cm³/mol. The van der Waals surface area contributed by atoms with Gasteiger partial charge in [0.1, 0.15) is 5.75 Å². The average molecular weight is 348 g/mol. The fraction of sp³-hybridized carbons (Fsp3) is 0.0769. The summed E-state index contributed by atoms with van der Waals surface area (Å²) in [5, 5.41) is 11.1. The maximum Gasteiger partial charge on any atom is 0.272 e. The average Bonchev–Trinajstić information content (AvgIpc) is 2.43. The number of halogens is 3. The molecule has 8 heteroatoms. The molecule has 0 bridgehead atoms. The number of hydrogen-bond acceptors (Lipinski definition) is 4. The highest BCUT2D eigenvalue weighted by atomic mass is 35.5. The van der Waals surface area contributed by atoms with Crippen molar-refractivity contribution in [2.45, 2.75) is 6.54 Å². The lowest BCUT2D eigenvalue weighted by atomic mass is 10.2. The summed E-state index contributed by atoms with van der Waals surface area (Å²) >= 11 is 18.0. The molecular weight excluding hydrogens is 339 g/mol. The van der Waals surface area contributed by atoms with E-state index in [1.807, 2.05) is 0 Å². The van der Waals surface area contributed by atoms with E-state index in [4.69, 9.17) is 45.3 Å². The molecule has 0 saturated carbocycles. The second-order valence-corrected chi connectivity index (χ2v) is 5.29. The van der Waals surface area contributed by atoms with Crippen LogP contribution < -0.4 is 10.5 Å². The topological polar surface area (TPSA) is 78.4 Å². The van der Waals surface area contributed by atoms with Gasteiger partial charge in [0.2, 0.25) is 0 Å². The Labute approximate surface area is 135 Å². The fourth-order valence-corrected chi connectivity index (χ4v) is 2.41. The van der Waals surface area contributed by atoms with E-state index in [0.717, 1.165) is 17.7 Å². The summed E-state index contributed by atoms with van der Waals surface area (Å²) in [6.07, 6.45) is 0. The highest BCUT2D eigenvalue weighted by molar-refractivity contribution is 6.37. The maximum absolute atomic E-state index is 10.7. The van der Waals surface area contributed by atoms with Gasteiger partial charge in [0, 0.05) is 18.7 Å². The largest absolute Gasteiger partial charge is 0.453 e. The van der Waals surface area contributed by atoms with Crippen LogP contribution in [0.1, 0.15) is 5.56 Å². The number of ether oxygens (including phenoxy) is 1. The van der Waals surface area contributed by atoms with Crippen molar-refractivity contribution in [1.29, 1.82) is 0 Å². The number of non-ortho nitro benzene ring substituents is 1. The molecular formula is C13H9Cl3N2O3. The van der Waals surface area contributed by atoms with E-state index < -0.39 is 4.92 Å². The van der Waals surface area contributed by atoms with Crippen LogP contribution in [0.4, 0.5) is 5.69 Å². The zero-order chi connectivity index (χ0) is 15.6. The SMILES string of the molecule is NCc1ccc(Oc2c(Cl)cc([N+](=O)[O-])cc2Cl)c(Cl)c1. The third-order valence-corrected chi connectivity index (χ3v) is 3.49. The lowest BCUT2D eigenvalue weighted by Crippen LogP contribution is -1.96. The molecule has 0 aliphatic rings. The van der Waals surface area contributed by atoms with E-state index in [1.165, 1.54) is 0 Å². The minimum atomic E-state index is -0.593. The molecule has 2 aromatic rings. The second kappa shape index (κ2) is 6.49. The van der Waals surface area contributed by atoms with Gasteiger partial charge in [-0.1, -0.05) is 40.9 Å². The summed E-state index contributed by atoms with van der Waals surface area (Å²) in [7, 11) is 0. The smallest absolute Gasteiger partial charge is 0.272 e. The molecule has 0 aromatic heterocycles. The highest BCUT2D eigenvalue weighted by Gasteiger charge is 2.17. The van der Waals surface area contributed by atoms with Gasteiger partial charge < -0.3 is 10.5 Å². The number of nitro benzene ring substituents is 1. The van der Waals surface area contributed by atoms with Gasteiger partial charge in [-0.05, 0) is 17.7 Å². The van der Waals surface area contributed by atoms with Gasteiger partial charge in [-0.25, -0.2) is 0 Å². The molecule has 0 atom stereocenters. The third-order valence-electron chi connectivity index (χ3n) is 2.64. The van der Waals surface area contributed by atoms with E-state index >= 15 is 0 Å². The quantitative estimate of drug-likeness (QED) is 0.636. The number of rotatable bonds is 4. The van der Waals surface area contributed by atoms with Crippen molar-refractivity contribution in [3.8, 4) is 11.5 Å². The van der Waals surface area contributed by atoms with Crippen LogP contribution in [0.25, 0.3) is 0 Å². The molecule has 5 nitrogen and oxygen atoms in total. The van der Waals surface area contributed by atoms with Crippen LogP contribution in [-0.4, -0.2) is 4.92 Å². The van der Waals surface area contributed by atoms with Crippen molar-refractivity contribution in [2.75, 3.05) is 0 Å². The molecule has 0 aliphatic carbocycles. The Balaban J connectivity index is 2.38. The number of nitro groups is 1. The van der Waals surface area contributed by atoms with Crippen molar-refractivity contribution in [3.05, 3.63) is 61.1 Å². The molecule has 21 heavy (non-hydrogen) atoms. The molecule has 110 valence electrons. The Kier molecular flexibility index (Phi) is 4.90. The van der Waals surface area contributed by atoms with Gasteiger partial charge in [0.25, 0.3) is 5.69 Å². The van der Waals surface area contributed by atoms with Crippen LogP contribution in [0.3, 0.4) is 0 Å². The number of nitrogens with two attached hydrogens (primary N) is 1. The van der Waals surface area contributed by atoms with Crippen molar-refractivity contribution < 1.29 is 9.66 Å². The fourth-order valence-electron chi connectivity index (χ4n) is 1.61. The van der Waals surface area contributed by atoms with Gasteiger partial charge in [-0.3, -0.25) is 10.1 Å². The van der Waals surface area contributed by atoms with Crippen LogP contribution in [-0.2, 0) is 6.54 Å². The summed E-state index contributed by atoms with van der Waals surface area (Å²) in [4.78, 5) is 10.1. The Morgan fingerprint density at radius 2 is 1.71 bits per heavy atom. The lowest BCUT2D eigenvalue weighted by Gasteiger charge is -2.11. The van der Waals surface area contributed by atoms with Crippen LogP contribution >= 0.6 is 34.8 Å². The predicted octanol–water partition coefficient (Wildman–Crippen LogP) is 4.81. The summed E-state index contributed by atoms with van der Waals surface area (Å²) in [5.41, 5.74) is 6.13. The molecule has 0 heterocycles. The van der Waals surface area contributed by atoms with Crippen LogP contribution in [0.15, 0.2) is 30.3 Å². The normalized spacial score (nSPS) is 10.5. The van der Waals surface area contributed by atoms with Crippen LogP contribution in [0.5, 0.6) is 11.5 Å². The number of nitrogens with zero attached hydrogens (tertiary/aromatic N) is 1. The van der Waals surface area contributed by atoms with E-state index in [9.17, 15) is 10.1 Å². The Bertz CT molecular complexity index is 684. The standard InChI is InChI=1S/C13H9Cl3N2O3/c14-9-3-7(6-17)1-2-12(9)21-13-10(15)4-8(18(19)20)5-11(13)16/h1-5H,6,17H2. The molecule has 0 unspecified atom stereocenters. The molecule has 2 aromatic carbocycles. The van der Waals surface area contributed by atoms with Crippen molar-refractivity contribution in [1.82, 2.24) is 0 Å². The van der Waals surface area contributed by atoms with E-state index in [1.54, 1.807) is 18.2 Å². The van der Waals surface area contributed by atoms with Gasteiger partial charge in [-0.15, -0.1) is 0 Å². The summed E-state index contributed by atoms with van der Waals surface area (Å²) in [6.45, 7) is 0.346. The Morgan fingerprint density at radius 3 is 2.19 bits per heavy atom. The Hall–Kier alpha value is -1.53. The van der Waals surface area contributed by atoms with Crippen molar-refractivity contribution in [3.63, 3.8) is 0 Å². The molecule has 0 amide bonds. The minimum Gasteiger partial charge on any atom is -0.453 e. The third kappa shape index (κ3) is 3.57. The van der Waals surface area contributed by atoms with Crippen LogP contribution in [0.2, 0.25) is 15.1 Å². The minimum absolute atomic E-state index is 0.0215. The van der Waals surface area contributed by atoms with Gasteiger partial charge >= 0.3 is 0 Å². The zero-order valence-corrected chi connectivity index (χ0v) is 12.7. The first kappa shape index (κ1) is 15.9. The van der Waals surface area contributed by atoms with E-state index in [-0.39, 0.29) is 21.5 Å². The first-order chi connectivity index (χ1) is 9.92. The van der Waals surface area contributed by atoms with E-state index in [2.05, 4.69) is 0 Å². The molecule has 2 N–H and O–H groups in total. The molecule has 0 fully saturated rings. The van der Waals surface area contributed by atoms with Gasteiger partial charge in [0.05, 0.1) is 20.0 Å². The first-order valence-corrected chi connectivity index (χ1v) is 6.85. The molecule has 0 aliphatic heterocycles. The summed E-state index contributed by atoms with van der Waals surface area (Å²) in [5.74, 6) is 0.429. The maximum atomic E-state index is 10.7. The highest BCUT2D eigenvalue weighted by Crippen LogP contribution is 2.41. The molecule has 0 radical (unpaired) electrons. The molecule has 2 rings (SSSR count). The van der Waals surface area contributed by atoms with E-state index in [0.29, 0.717) is 17.3 Å². The van der Waals surface area contributed by atoms with Gasteiger partial charge in [0.15, 0.2) is 5.75 Å². The zero-order valence-electron chi connectivity index (χ0n) is 10.5. The van der Waals surface area contributed by atoms with Crippen molar-refractivity contribution in [2.24, 2.45) is 5.73 Å². The number of hydrogen-bond donors (Lipinski definition) is 1. The molecule has 0 spiro atoms. The van der Waals surface area contributed by atoms with Crippen LogP contribution in [0, 0.1) is 10.1 Å². The molecule has 0 saturated heterocycles. The summed E-state index contributed by atoms with van der Waals surface area (Å²) in [6, 6.07) is 7.34. The summed E-state index contributed by atoms with van der Waals surface area (Å²) < 4.78 is 5.55. The Morgan fingerprint density at radius 1 is 1.10 bits per heavy atom. The second-order valence-electron chi connectivity index (χ2n) is 4.07. The lowest BCUT2D eigenvalue weighted by molar-refractivity contribution is -0.384.